The highest BCUT2D eigenvalue weighted by atomic mass is 127. The van der Waals surface area contributed by atoms with E-state index in [0.29, 0.717) is 6.04 Å². The molecule has 3 heteroatoms. The van der Waals surface area contributed by atoms with Gasteiger partial charge in [0.05, 0.1) is 0 Å². The number of hydrogen-bond donors (Lipinski definition) is 1. The summed E-state index contributed by atoms with van der Waals surface area (Å²) in [6, 6.07) is 10.3. The molecular weight excluding hydrogens is 335 g/mol. The predicted molar refractivity (Wildman–Crippen MR) is 83.5 cm³/mol. The maximum absolute atomic E-state index is 3.71. The summed E-state index contributed by atoms with van der Waals surface area (Å²) in [4.78, 5) is 2.64. The van der Waals surface area contributed by atoms with Gasteiger partial charge in [0.25, 0.3) is 0 Å². The third kappa shape index (κ3) is 3.06. The van der Waals surface area contributed by atoms with Gasteiger partial charge in [0.15, 0.2) is 0 Å². The number of hydrogen-bond acceptors (Lipinski definition) is 2. The van der Waals surface area contributed by atoms with Gasteiger partial charge < -0.3 is 5.32 Å². The highest BCUT2D eigenvalue weighted by molar-refractivity contribution is 14.1. The summed E-state index contributed by atoms with van der Waals surface area (Å²) in [6.07, 6.45) is 2.87. The van der Waals surface area contributed by atoms with Crippen LogP contribution in [0.25, 0.3) is 0 Å². The Labute approximate surface area is 123 Å². The lowest BCUT2D eigenvalue weighted by Crippen LogP contribution is -2.55. The molecule has 2 nitrogen and oxygen atoms in total. The minimum Gasteiger partial charge on any atom is -0.311 e. The quantitative estimate of drug-likeness (QED) is 0.838. The zero-order valence-corrected chi connectivity index (χ0v) is 13.1. The molecule has 1 aromatic rings. The second kappa shape index (κ2) is 5.47. The number of nitrogens with one attached hydrogen (secondary N) is 1. The van der Waals surface area contributed by atoms with E-state index in [1.165, 1.54) is 28.5 Å². The SMILES string of the molecule is CC1CNC(C2CC2)CN1Cc1ccc(I)cc1. The van der Waals surface area contributed by atoms with E-state index in [1.54, 1.807) is 0 Å². The molecule has 2 unspecified atom stereocenters. The van der Waals surface area contributed by atoms with E-state index in [0.717, 1.165) is 25.0 Å². The first-order valence-corrected chi connectivity index (χ1v) is 8.02. The molecular formula is C15H21IN2. The zero-order chi connectivity index (χ0) is 12.5. The molecule has 1 aliphatic carbocycles. The van der Waals surface area contributed by atoms with Crippen LogP contribution >= 0.6 is 22.6 Å². The first-order chi connectivity index (χ1) is 8.72. The lowest BCUT2D eigenvalue weighted by molar-refractivity contribution is 0.125. The van der Waals surface area contributed by atoms with Crippen LogP contribution in [-0.4, -0.2) is 30.1 Å². The van der Waals surface area contributed by atoms with Crippen LogP contribution in [0.3, 0.4) is 0 Å². The third-order valence-electron chi connectivity index (χ3n) is 4.22. The molecule has 1 N–H and O–H groups in total. The van der Waals surface area contributed by atoms with Crippen LogP contribution in [0, 0.1) is 9.49 Å². The Kier molecular flexibility index (Phi) is 3.91. The van der Waals surface area contributed by atoms with Gasteiger partial charge in [-0.3, -0.25) is 4.90 Å². The van der Waals surface area contributed by atoms with Crippen molar-refractivity contribution in [2.45, 2.75) is 38.4 Å². The molecule has 98 valence electrons. The Morgan fingerprint density at radius 3 is 2.67 bits per heavy atom. The number of rotatable bonds is 3. The predicted octanol–water partition coefficient (Wildman–Crippen LogP) is 2.86. The number of halogens is 1. The summed E-state index contributed by atoms with van der Waals surface area (Å²) in [5, 5.41) is 3.71. The fourth-order valence-electron chi connectivity index (χ4n) is 2.81. The Morgan fingerprint density at radius 2 is 2.00 bits per heavy atom. The van der Waals surface area contributed by atoms with Crippen molar-refractivity contribution in [3.8, 4) is 0 Å². The zero-order valence-electron chi connectivity index (χ0n) is 10.9. The smallest absolute Gasteiger partial charge is 0.0237 e. The van der Waals surface area contributed by atoms with E-state index in [2.05, 4.69) is 64.0 Å². The molecule has 18 heavy (non-hydrogen) atoms. The molecule has 3 rings (SSSR count). The van der Waals surface area contributed by atoms with Gasteiger partial charge in [0.2, 0.25) is 0 Å². The minimum atomic E-state index is 0.652. The average molecular weight is 356 g/mol. The fourth-order valence-corrected chi connectivity index (χ4v) is 3.17. The van der Waals surface area contributed by atoms with Crippen LogP contribution in [-0.2, 0) is 6.54 Å². The van der Waals surface area contributed by atoms with Crippen LogP contribution in [0.2, 0.25) is 0 Å². The summed E-state index contributed by atoms with van der Waals surface area (Å²) in [6.45, 7) is 5.80. The monoisotopic (exact) mass is 356 g/mol. The first-order valence-electron chi connectivity index (χ1n) is 6.94. The summed E-state index contributed by atoms with van der Waals surface area (Å²) in [5.41, 5.74) is 1.44. The Hall–Kier alpha value is -0.130. The molecule has 2 atom stereocenters. The molecule has 0 spiro atoms. The van der Waals surface area contributed by atoms with Crippen LogP contribution < -0.4 is 5.32 Å². The van der Waals surface area contributed by atoms with Crippen molar-refractivity contribution in [1.82, 2.24) is 10.2 Å². The normalized spacial score (nSPS) is 29.4. The molecule has 0 radical (unpaired) electrons. The topological polar surface area (TPSA) is 15.3 Å². The minimum absolute atomic E-state index is 0.652. The molecule has 1 aromatic carbocycles. The number of piperazine rings is 1. The summed E-state index contributed by atoms with van der Waals surface area (Å²) >= 11 is 2.37. The maximum atomic E-state index is 3.71. The largest absolute Gasteiger partial charge is 0.311 e. The Morgan fingerprint density at radius 1 is 1.28 bits per heavy atom. The summed E-state index contributed by atoms with van der Waals surface area (Å²) < 4.78 is 1.32. The molecule has 2 fully saturated rings. The van der Waals surface area contributed by atoms with Gasteiger partial charge in [-0.25, -0.2) is 0 Å². The lowest BCUT2D eigenvalue weighted by atomic mass is 10.1. The summed E-state index contributed by atoms with van der Waals surface area (Å²) in [7, 11) is 0. The molecule has 0 aromatic heterocycles. The first kappa shape index (κ1) is 12.9. The van der Waals surface area contributed by atoms with E-state index < -0.39 is 0 Å². The Bertz CT molecular complexity index is 399. The van der Waals surface area contributed by atoms with Gasteiger partial charge >= 0.3 is 0 Å². The molecule has 0 amide bonds. The van der Waals surface area contributed by atoms with Gasteiger partial charge in [-0.15, -0.1) is 0 Å². The van der Waals surface area contributed by atoms with Gasteiger partial charge in [-0.05, 0) is 66.0 Å². The van der Waals surface area contributed by atoms with E-state index in [9.17, 15) is 0 Å². The molecule has 1 aliphatic heterocycles. The van der Waals surface area contributed by atoms with E-state index in [4.69, 9.17) is 0 Å². The van der Waals surface area contributed by atoms with Crippen molar-refractivity contribution in [3.05, 3.63) is 33.4 Å². The van der Waals surface area contributed by atoms with Gasteiger partial charge in [0, 0.05) is 35.3 Å². The molecule has 0 bridgehead atoms. The Balaban J connectivity index is 1.64. The van der Waals surface area contributed by atoms with E-state index in [-0.39, 0.29) is 0 Å². The molecule has 2 aliphatic rings. The van der Waals surface area contributed by atoms with Crippen LogP contribution in [0.5, 0.6) is 0 Å². The number of benzene rings is 1. The van der Waals surface area contributed by atoms with Crippen LogP contribution in [0.15, 0.2) is 24.3 Å². The lowest BCUT2D eigenvalue weighted by Gasteiger charge is -2.39. The van der Waals surface area contributed by atoms with Crippen molar-refractivity contribution >= 4 is 22.6 Å². The van der Waals surface area contributed by atoms with E-state index in [1.807, 2.05) is 0 Å². The van der Waals surface area contributed by atoms with Gasteiger partial charge in [-0.2, -0.15) is 0 Å². The van der Waals surface area contributed by atoms with Crippen LogP contribution in [0.1, 0.15) is 25.3 Å². The van der Waals surface area contributed by atoms with Crippen molar-refractivity contribution in [3.63, 3.8) is 0 Å². The van der Waals surface area contributed by atoms with Crippen molar-refractivity contribution in [1.29, 1.82) is 0 Å². The van der Waals surface area contributed by atoms with Gasteiger partial charge in [0.1, 0.15) is 0 Å². The highest BCUT2D eigenvalue weighted by Gasteiger charge is 2.35. The van der Waals surface area contributed by atoms with Gasteiger partial charge in [-0.1, -0.05) is 12.1 Å². The standard InChI is InChI=1S/C15H21IN2/c1-11-8-17-15(13-4-5-13)10-18(11)9-12-2-6-14(16)7-3-12/h2-3,6-7,11,13,15,17H,4-5,8-10H2,1H3. The highest BCUT2D eigenvalue weighted by Crippen LogP contribution is 2.34. The molecule has 1 saturated heterocycles. The fraction of sp³-hybridized carbons (Fsp3) is 0.600. The summed E-state index contributed by atoms with van der Waals surface area (Å²) in [5.74, 6) is 0.955. The van der Waals surface area contributed by atoms with Crippen molar-refractivity contribution < 1.29 is 0 Å². The molecule has 1 saturated carbocycles. The third-order valence-corrected chi connectivity index (χ3v) is 4.94. The second-order valence-corrected chi connectivity index (χ2v) is 7.00. The maximum Gasteiger partial charge on any atom is 0.0237 e. The van der Waals surface area contributed by atoms with Crippen molar-refractivity contribution in [2.24, 2.45) is 5.92 Å². The average Bonchev–Trinajstić information content (AvgIpc) is 3.19. The van der Waals surface area contributed by atoms with Crippen molar-refractivity contribution in [2.75, 3.05) is 13.1 Å². The second-order valence-electron chi connectivity index (χ2n) is 5.76. The molecule has 1 heterocycles. The number of nitrogens with zero attached hydrogens (tertiary/aromatic N) is 1. The van der Waals surface area contributed by atoms with E-state index >= 15 is 0 Å². The van der Waals surface area contributed by atoms with Crippen LogP contribution in [0.4, 0.5) is 0 Å².